The molecular formula is C11H22N2O4. The molecule has 17 heavy (non-hydrogen) atoms. The second kappa shape index (κ2) is 8.81. The molecule has 0 saturated heterocycles. The van der Waals surface area contributed by atoms with E-state index in [-0.39, 0.29) is 43.7 Å². The summed E-state index contributed by atoms with van der Waals surface area (Å²) in [5.41, 5.74) is 0. The Hall–Kier alpha value is -1.30. The maximum absolute atomic E-state index is 11.3. The van der Waals surface area contributed by atoms with Crippen LogP contribution in [0.15, 0.2) is 0 Å². The smallest absolute Gasteiger partial charge is 0.315 e. The molecule has 6 heteroatoms. The molecule has 0 aromatic rings. The Morgan fingerprint density at radius 2 is 2.00 bits per heavy atom. The van der Waals surface area contributed by atoms with Crippen molar-refractivity contribution in [3.8, 4) is 0 Å². The first kappa shape index (κ1) is 15.7. The van der Waals surface area contributed by atoms with Crippen molar-refractivity contribution in [3.63, 3.8) is 0 Å². The topological polar surface area (TPSA) is 87.7 Å². The number of rotatable bonds is 7. The van der Waals surface area contributed by atoms with Crippen LogP contribution in [0.25, 0.3) is 0 Å². The van der Waals surface area contributed by atoms with E-state index in [1.54, 1.807) is 13.8 Å². The van der Waals surface area contributed by atoms with E-state index in [9.17, 15) is 9.59 Å². The molecule has 0 aromatic heterocycles. The van der Waals surface area contributed by atoms with Crippen LogP contribution in [0.1, 0.15) is 27.2 Å². The van der Waals surface area contributed by atoms with E-state index in [1.807, 2.05) is 6.92 Å². The Morgan fingerprint density at radius 3 is 2.53 bits per heavy atom. The quantitative estimate of drug-likeness (QED) is 0.444. The zero-order valence-corrected chi connectivity index (χ0v) is 10.7. The molecule has 0 aliphatic heterocycles. The van der Waals surface area contributed by atoms with Crippen molar-refractivity contribution in [3.05, 3.63) is 0 Å². The predicted octanol–water partition coefficient (Wildman–Crippen LogP) is 0.256. The highest BCUT2D eigenvalue weighted by Crippen LogP contribution is 2.02. The van der Waals surface area contributed by atoms with E-state index in [2.05, 4.69) is 10.6 Å². The van der Waals surface area contributed by atoms with Gasteiger partial charge in [0.25, 0.3) is 0 Å². The van der Waals surface area contributed by atoms with Crippen LogP contribution in [0.2, 0.25) is 0 Å². The molecule has 2 unspecified atom stereocenters. The van der Waals surface area contributed by atoms with Crippen molar-refractivity contribution >= 4 is 12.0 Å². The first-order valence-corrected chi connectivity index (χ1v) is 5.83. The minimum absolute atomic E-state index is 0.113. The summed E-state index contributed by atoms with van der Waals surface area (Å²) >= 11 is 0. The van der Waals surface area contributed by atoms with Crippen LogP contribution in [0.5, 0.6) is 0 Å². The maximum Gasteiger partial charge on any atom is 0.315 e. The molecule has 0 saturated carbocycles. The number of urea groups is 1. The van der Waals surface area contributed by atoms with Gasteiger partial charge in [-0.05, 0) is 13.3 Å². The summed E-state index contributed by atoms with van der Waals surface area (Å²) in [4.78, 5) is 22.4. The summed E-state index contributed by atoms with van der Waals surface area (Å²) in [6, 6.07) is -0.677. The fourth-order valence-corrected chi connectivity index (χ4v) is 0.946. The summed E-state index contributed by atoms with van der Waals surface area (Å²) in [5.74, 6) is -0.364. The number of hydrogen-bond donors (Lipinski definition) is 3. The maximum atomic E-state index is 11.3. The molecule has 0 spiro atoms. The number of aliphatic hydroxyl groups is 1. The van der Waals surface area contributed by atoms with Gasteiger partial charge in [0.1, 0.15) is 6.61 Å². The van der Waals surface area contributed by atoms with Crippen molar-refractivity contribution < 1.29 is 19.4 Å². The van der Waals surface area contributed by atoms with Crippen LogP contribution in [0, 0.1) is 5.92 Å². The van der Waals surface area contributed by atoms with Crippen LogP contribution in [-0.2, 0) is 9.53 Å². The van der Waals surface area contributed by atoms with E-state index >= 15 is 0 Å². The van der Waals surface area contributed by atoms with E-state index in [0.717, 1.165) is 6.42 Å². The lowest BCUT2D eigenvalue weighted by Crippen LogP contribution is -2.43. The summed E-state index contributed by atoms with van der Waals surface area (Å²) in [6.45, 7) is 5.69. The molecule has 0 bridgehead atoms. The van der Waals surface area contributed by atoms with Crippen molar-refractivity contribution in [1.29, 1.82) is 0 Å². The van der Waals surface area contributed by atoms with Gasteiger partial charge in [0, 0.05) is 0 Å². The first-order chi connectivity index (χ1) is 8.01. The van der Waals surface area contributed by atoms with Crippen LogP contribution >= 0.6 is 0 Å². The van der Waals surface area contributed by atoms with Crippen molar-refractivity contribution in [2.24, 2.45) is 5.92 Å². The average molecular weight is 246 g/mol. The molecule has 0 fully saturated rings. The third kappa shape index (κ3) is 7.57. The fourth-order valence-electron chi connectivity index (χ4n) is 0.946. The van der Waals surface area contributed by atoms with Gasteiger partial charge in [-0.15, -0.1) is 0 Å². The molecule has 6 nitrogen and oxygen atoms in total. The SMILES string of the molecule is CCC(C)C(=O)OCCNC(=O)NC(C)CO. The first-order valence-electron chi connectivity index (χ1n) is 5.83. The monoisotopic (exact) mass is 246 g/mol. The van der Waals surface area contributed by atoms with Gasteiger partial charge in [-0.2, -0.15) is 0 Å². The standard InChI is InChI=1S/C11H22N2O4/c1-4-8(2)10(15)17-6-5-12-11(16)13-9(3)7-14/h8-9,14H,4-7H2,1-3H3,(H2,12,13,16). The molecular weight excluding hydrogens is 224 g/mol. The molecule has 3 N–H and O–H groups in total. The molecule has 0 aliphatic rings. The number of amides is 2. The highest BCUT2D eigenvalue weighted by atomic mass is 16.5. The minimum Gasteiger partial charge on any atom is -0.464 e. The number of ether oxygens (including phenoxy) is 1. The number of nitrogens with one attached hydrogen (secondary N) is 2. The van der Waals surface area contributed by atoms with Crippen LogP contribution in [-0.4, -0.2) is 42.9 Å². The highest BCUT2D eigenvalue weighted by molar-refractivity contribution is 5.74. The normalized spacial score (nSPS) is 13.6. The Bertz CT molecular complexity index is 246. The molecule has 2 amide bonds. The van der Waals surface area contributed by atoms with E-state index in [0.29, 0.717) is 0 Å². The number of carbonyl (C=O) groups excluding carboxylic acids is 2. The molecule has 100 valence electrons. The lowest BCUT2D eigenvalue weighted by molar-refractivity contribution is -0.147. The molecule has 0 aliphatic carbocycles. The van der Waals surface area contributed by atoms with Crippen LogP contribution in [0.4, 0.5) is 4.79 Å². The lowest BCUT2D eigenvalue weighted by atomic mass is 10.1. The van der Waals surface area contributed by atoms with Gasteiger partial charge in [0.2, 0.25) is 0 Å². The number of aliphatic hydroxyl groups excluding tert-OH is 1. The molecule has 0 rings (SSSR count). The molecule has 0 aromatic carbocycles. The van der Waals surface area contributed by atoms with Gasteiger partial charge < -0.3 is 20.5 Å². The zero-order chi connectivity index (χ0) is 13.3. The Kier molecular flexibility index (Phi) is 8.13. The Labute approximate surface area is 102 Å². The molecule has 0 radical (unpaired) electrons. The van der Waals surface area contributed by atoms with Crippen molar-refractivity contribution in [1.82, 2.24) is 10.6 Å². The molecule has 0 heterocycles. The third-order valence-electron chi connectivity index (χ3n) is 2.30. The Morgan fingerprint density at radius 1 is 1.35 bits per heavy atom. The zero-order valence-electron chi connectivity index (χ0n) is 10.7. The summed E-state index contributed by atoms with van der Waals surface area (Å²) in [6.07, 6.45) is 0.737. The number of esters is 1. The predicted molar refractivity (Wildman–Crippen MR) is 63.5 cm³/mol. The second-order valence-corrected chi connectivity index (χ2v) is 3.96. The van der Waals surface area contributed by atoms with Gasteiger partial charge in [0.05, 0.1) is 25.1 Å². The number of carbonyl (C=O) groups is 2. The average Bonchev–Trinajstić information content (AvgIpc) is 2.32. The fraction of sp³-hybridized carbons (Fsp3) is 0.818. The van der Waals surface area contributed by atoms with Gasteiger partial charge >= 0.3 is 12.0 Å². The lowest BCUT2D eigenvalue weighted by Gasteiger charge is -2.12. The van der Waals surface area contributed by atoms with E-state index < -0.39 is 0 Å². The Balaban J connectivity index is 3.58. The van der Waals surface area contributed by atoms with E-state index in [4.69, 9.17) is 9.84 Å². The highest BCUT2D eigenvalue weighted by Gasteiger charge is 2.11. The minimum atomic E-state index is -0.383. The van der Waals surface area contributed by atoms with Gasteiger partial charge in [0.15, 0.2) is 0 Å². The van der Waals surface area contributed by atoms with Gasteiger partial charge in [-0.3, -0.25) is 4.79 Å². The van der Waals surface area contributed by atoms with Gasteiger partial charge in [-0.1, -0.05) is 13.8 Å². The second-order valence-electron chi connectivity index (χ2n) is 3.96. The van der Waals surface area contributed by atoms with Crippen LogP contribution < -0.4 is 10.6 Å². The number of hydrogen-bond acceptors (Lipinski definition) is 4. The van der Waals surface area contributed by atoms with Gasteiger partial charge in [-0.25, -0.2) is 4.79 Å². The largest absolute Gasteiger partial charge is 0.464 e. The van der Waals surface area contributed by atoms with E-state index in [1.165, 1.54) is 0 Å². The van der Waals surface area contributed by atoms with Crippen LogP contribution in [0.3, 0.4) is 0 Å². The molecule has 2 atom stereocenters. The van der Waals surface area contributed by atoms with Crippen molar-refractivity contribution in [2.45, 2.75) is 33.2 Å². The summed E-state index contributed by atoms with van der Waals surface area (Å²) < 4.78 is 4.95. The summed E-state index contributed by atoms with van der Waals surface area (Å²) in [7, 11) is 0. The summed E-state index contributed by atoms with van der Waals surface area (Å²) in [5, 5.41) is 13.7. The van der Waals surface area contributed by atoms with Crippen molar-refractivity contribution in [2.75, 3.05) is 19.8 Å². The third-order valence-corrected chi connectivity index (χ3v) is 2.30.